The molecule has 5 nitrogen and oxygen atoms in total. The maximum absolute atomic E-state index is 12.5. The number of aliphatic hydroxyl groups excluding tert-OH is 1. The molecular formula is C21H25NO4. The fourth-order valence-corrected chi connectivity index (χ4v) is 2.67. The molecule has 1 unspecified atom stereocenters. The van der Waals surface area contributed by atoms with E-state index in [0.717, 1.165) is 5.56 Å². The zero-order chi connectivity index (χ0) is 19.1. The van der Waals surface area contributed by atoms with Crippen LogP contribution in [0.5, 0.6) is 11.5 Å². The Kier molecular flexibility index (Phi) is 6.81. The molecule has 0 fully saturated rings. The maximum atomic E-state index is 12.5. The molecule has 0 spiro atoms. The first-order valence-electron chi connectivity index (χ1n) is 8.35. The van der Waals surface area contributed by atoms with Gasteiger partial charge in [0.25, 0.3) is 0 Å². The molecular weight excluding hydrogens is 330 g/mol. The molecule has 0 aliphatic carbocycles. The first-order chi connectivity index (χ1) is 12.5. The molecule has 2 aromatic carbocycles. The third-order valence-corrected chi connectivity index (χ3v) is 4.11. The SMILES string of the molecule is COc1ccc(C(O)CN(C)C(=O)/C(C)=C/c2ccccc2)cc1OC. The van der Waals surface area contributed by atoms with Crippen LogP contribution in [-0.2, 0) is 4.79 Å². The van der Waals surface area contributed by atoms with Crippen LogP contribution in [0.4, 0.5) is 0 Å². The predicted molar refractivity (Wildman–Crippen MR) is 102 cm³/mol. The van der Waals surface area contributed by atoms with Crippen LogP contribution in [0.3, 0.4) is 0 Å². The Morgan fingerprint density at radius 1 is 1.12 bits per heavy atom. The van der Waals surface area contributed by atoms with Crippen LogP contribution in [0.2, 0.25) is 0 Å². The van der Waals surface area contributed by atoms with Crippen molar-refractivity contribution in [2.45, 2.75) is 13.0 Å². The van der Waals surface area contributed by atoms with E-state index in [1.165, 1.54) is 4.90 Å². The second kappa shape index (κ2) is 9.06. The molecule has 0 aromatic heterocycles. The first-order valence-corrected chi connectivity index (χ1v) is 8.35. The van der Waals surface area contributed by atoms with Crippen molar-refractivity contribution in [2.75, 3.05) is 27.8 Å². The van der Waals surface area contributed by atoms with Crippen LogP contribution in [0, 0.1) is 0 Å². The molecule has 138 valence electrons. The normalized spacial score (nSPS) is 12.4. The number of carbonyl (C=O) groups is 1. The predicted octanol–water partition coefficient (Wildman–Crippen LogP) is 3.30. The van der Waals surface area contributed by atoms with Crippen molar-refractivity contribution >= 4 is 12.0 Å². The van der Waals surface area contributed by atoms with Gasteiger partial charge in [0.2, 0.25) is 5.91 Å². The third kappa shape index (κ3) is 4.86. The minimum atomic E-state index is -0.826. The average Bonchev–Trinajstić information content (AvgIpc) is 2.67. The summed E-state index contributed by atoms with van der Waals surface area (Å²) in [6, 6.07) is 14.9. The number of carbonyl (C=O) groups excluding carboxylic acids is 1. The molecule has 2 rings (SSSR count). The first kappa shape index (κ1) is 19.5. The highest BCUT2D eigenvalue weighted by atomic mass is 16.5. The number of nitrogens with zero attached hydrogens (tertiary/aromatic N) is 1. The van der Waals surface area contributed by atoms with E-state index in [-0.39, 0.29) is 12.5 Å². The molecule has 0 saturated carbocycles. The molecule has 1 amide bonds. The zero-order valence-electron chi connectivity index (χ0n) is 15.6. The summed E-state index contributed by atoms with van der Waals surface area (Å²) in [5, 5.41) is 10.5. The molecule has 2 aromatic rings. The van der Waals surface area contributed by atoms with E-state index < -0.39 is 6.10 Å². The zero-order valence-corrected chi connectivity index (χ0v) is 15.6. The number of ether oxygens (including phenoxy) is 2. The lowest BCUT2D eigenvalue weighted by atomic mass is 10.1. The maximum Gasteiger partial charge on any atom is 0.249 e. The highest BCUT2D eigenvalue weighted by molar-refractivity contribution is 5.97. The quantitative estimate of drug-likeness (QED) is 0.774. The number of aliphatic hydroxyl groups is 1. The van der Waals surface area contributed by atoms with Crippen molar-refractivity contribution < 1.29 is 19.4 Å². The van der Waals surface area contributed by atoms with Gasteiger partial charge in [-0.15, -0.1) is 0 Å². The number of likely N-dealkylation sites (N-methyl/N-ethyl adjacent to an activating group) is 1. The van der Waals surface area contributed by atoms with Crippen LogP contribution in [-0.4, -0.2) is 43.7 Å². The van der Waals surface area contributed by atoms with Gasteiger partial charge >= 0.3 is 0 Å². The van der Waals surface area contributed by atoms with Crippen LogP contribution < -0.4 is 9.47 Å². The molecule has 1 N–H and O–H groups in total. The summed E-state index contributed by atoms with van der Waals surface area (Å²) in [7, 11) is 4.78. The Balaban J connectivity index is 2.07. The van der Waals surface area contributed by atoms with E-state index in [2.05, 4.69) is 0 Å². The van der Waals surface area contributed by atoms with Crippen molar-refractivity contribution in [1.29, 1.82) is 0 Å². The van der Waals surface area contributed by atoms with Crippen LogP contribution in [0.25, 0.3) is 6.08 Å². The summed E-state index contributed by atoms with van der Waals surface area (Å²) in [6.07, 6.45) is 1.01. The van der Waals surface area contributed by atoms with Crippen LogP contribution in [0.15, 0.2) is 54.1 Å². The molecule has 0 saturated heterocycles. The van der Waals surface area contributed by atoms with E-state index in [0.29, 0.717) is 22.6 Å². The molecule has 1 atom stereocenters. The van der Waals surface area contributed by atoms with Crippen LogP contribution >= 0.6 is 0 Å². The number of rotatable bonds is 7. The Bertz CT molecular complexity index is 771. The smallest absolute Gasteiger partial charge is 0.249 e. The van der Waals surface area contributed by atoms with Gasteiger partial charge in [0.05, 0.1) is 26.9 Å². The van der Waals surface area contributed by atoms with Crippen LogP contribution in [0.1, 0.15) is 24.2 Å². The molecule has 26 heavy (non-hydrogen) atoms. The number of hydrogen-bond acceptors (Lipinski definition) is 4. The van der Waals surface area contributed by atoms with Gasteiger partial charge in [0.1, 0.15) is 0 Å². The summed E-state index contributed by atoms with van der Waals surface area (Å²) in [5.74, 6) is 1.00. The third-order valence-electron chi connectivity index (χ3n) is 4.11. The monoisotopic (exact) mass is 355 g/mol. The Labute approximate surface area is 154 Å². The minimum Gasteiger partial charge on any atom is -0.493 e. The minimum absolute atomic E-state index is 0.131. The van der Waals surface area contributed by atoms with Crippen molar-refractivity contribution in [3.8, 4) is 11.5 Å². The molecule has 0 aliphatic heterocycles. The molecule has 0 radical (unpaired) electrons. The Morgan fingerprint density at radius 3 is 2.38 bits per heavy atom. The van der Waals surface area contributed by atoms with Gasteiger partial charge in [-0.1, -0.05) is 36.4 Å². The summed E-state index contributed by atoms with van der Waals surface area (Å²) < 4.78 is 10.5. The largest absolute Gasteiger partial charge is 0.493 e. The van der Waals surface area contributed by atoms with Crippen molar-refractivity contribution in [2.24, 2.45) is 0 Å². The van der Waals surface area contributed by atoms with Gasteiger partial charge < -0.3 is 19.5 Å². The summed E-state index contributed by atoms with van der Waals surface area (Å²) in [5.41, 5.74) is 2.23. The van der Waals surface area contributed by atoms with Gasteiger partial charge in [-0.05, 0) is 36.3 Å². The van der Waals surface area contributed by atoms with E-state index in [1.807, 2.05) is 36.4 Å². The van der Waals surface area contributed by atoms with E-state index >= 15 is 0 Å². The highest BCUT2D eigenvalue weighted by Crippen LogP contribution is 2.30. The lowest BCUT2D eigenvalue weighted by molar-refractivity contribution is -0.127. The van der Waals surface area contributed by atoms with E-state index in [9.17, 15) is 9.90 Å². The van der Waals surface area contributed by atoms with Gasteiger partial charge in [0.15, 0.2) is 11.5 Å². The molecule has 0 heterocycles. The van der Waals surface area contributed by atoms with Crippen molar-refractivity contribution in [3.05, 3.63) is 65.2 Å². The molecule has 5 heteroatoms. The Morgan fingerprint density at radius 2 is 1.77 bits per heavy atom. The number of methoxy groups -OCH3 is 2. The van der Waals surface area contributed by atoms with E-state index in [4.69, 9.17) is 9.47 Å². The number of benzene rings is 2. The topological polar surface area (TPSA) is 59.0 Å². The Hall–Kier alpha value is -2.79. The average molecular weight is 355 g/mol. The van der Waals surface area contributed by atoms with E-state index in [1.54, 1.807) is 46.4 Å². The lowest BCUT2D eigenvalue weighted by Gasteiger charge is -2.22. The fourth-order valence-electron chi connectivity index (χ4n) is 2.67. The second-order valence-corrected chi connectivity index (χ2v) is 6.05. The second-order valence-electron chi connectivity index (χ2n) is 6.05. The fraction of sp³-hybridized carbons (Fsp3) is 0.286. The standard InChI is InChI=1S/C21H25NO4/c1-15(12-16-8-6-5-7-9-16)21(24)22(2)14-18(23)17-10-11-19(25-3)20(13-17)26-4/h5-13,18,23H,14H2,1-4H3/b15-12+. The lowest BCUT2D eigenvalue weighted by Crippen LogP contribution is -2.31. The summed E-state index contributed by atoms with van der Waals surface area (Å²) >= 11 is 0. The summed E-state index contributed by atoms with van der Waals surface area (Å²) in [4.78, 5) is 14.0. The van der Waals surface area contributed by atoms with Gasteiger partial charge in [-0.2, -0.15) is 0 Å². The van der Waals surface area contributed by atoms with Gasteiger partial charge in [-0.3, -0.25) is 4.79 Å². The molecule has 0 aliphatic rings. The number of amides is 1. The van der Waals surface area contributed by atoms with Gasteiger partial charge in [-0.25, -0.2) is 0 Å². The van der Waals surface area contributed by atoms with Crippen molar-refractivity contribution in [1.82, 2.24) is 4.90 Å². The number of hydrogen-bond donors (Lipinski definition) is 1. The van der Waals surface area contributed by atoms with Crippen molar-refractivity contribution in [3.63, 3.8) is 0 Å². The highest BCUT2D eigenvalue weighted by Gasteiger charge is 2.18. The van der Waals surface area contributed by atoms with Gasteiger partial charge in [0, 0.05) is 12.6 Å². The molecule has 0 bridgehead atoms. The summed E-state index contributed by atoms with van der Waals surface area (Å²) in [6.45, 7) is 1.95.